The van der Waals surface area contributed by atoms with Crippen molar-refractivity contribution in [2.24, 2.45) is 0 Å². The van der Waals surface area contributed by atoms with Crippen molar-refractivity contribution in [3.63, 3.8) is 0 Å². The van der Waals surface area contributed by atoms with Crippen molar-refractivity contribution in [1.82, 2.24) is 20.6 Å². The maximum absolute atomic E-state index is 12.1. The maximum atomic E-state index is 12.1. The minimum absolute atomic E-state index is 0.158. The number of aromatic nitrogens is 2. The zero-order valence-corrected chi connectivity index (χ0v) is 16.2. The highest BCUT2D eigenvalue weighted by molar-refractivity contribution is 6.00. The van der Waals surface area contributed by atoms with Crippen molar-refractivity contribution in [2.45, 2.75) is 0 Å². The minimum atomic E-state index is -0.564. The normalized spacial score (nSPS) is 10.6. The Morgan fingerprint density at radius 3 is 1.50 bits per heavy atom. The molecule has 158 valence electrons. The number of anilines is 2. The third-order valence-corrected chi connectivity index (χ3v) is 3.31. The first-order valence-corrected chi connectivity index (χ1v) is 8.64. The fourth-order valence-corrected chi connectivity index (χ4v) is 1.93. The first kappa shape index (κ1) is 23.5. The second-order valence-corrected chi connectivity index (χ2v) is 5.41. The number of nitrogens with zero attached hydrogens (tertiary/aromatic N) is 2. The largest absolute Gasteiger partial charge is 0.382 e. The molecule has 1 rings (SSSR count). The van der Waals surface area contributed by atoms with Crippen LogP contribution in [0.3, 0.4) is 0 Å². The molecule has 0 bridgehead atoms. The van der Waals surface area contributed by atoms with Crippen LogP contribution >= 0.6 is 0 Å². The summed E-state index contributed by atoms with van der Waals surface area (Å²) in [5.41, 5.74) is 11.2. The van der Waals surface area contributed by atoms with Crippen LogP contribution < -0.4 is 22.1 Å². The zero-order chi connectivity index (χ0) is 20.8. The van der Waals surface area contributed by atoms with Gasteiger partial charge in [0, 0.05) is 27.3 Å². The summed E-state index contributed by atoms with van der Waals surface area (Å²) in [6.07, 6.45) is 0. The lowest BCUT2D eigenvalue weighted by Gasteiger charge is -2.11. The van der Waals surface area contributed by atoms with Gasteiger partial charge in [-0.1, -0.05) is 0 Å². The average molecular weight is 400 g/mol. The molecule has 0 fully saturated rings. The van der Waals surface area contributed by atoms with E-state index in [4.69, 9.17) is 30.4 Å². The zero-order valence-electron chi connectivity index (χ0n) is 16.2. The van der Waals surface area contributed by atoms with E-state index in [0.29, 0.717) is 39.6 Å². The monoisotopic (exact) mass is 400 g/mol. The number of nitrogens with two attached hydrogens (primary N) is 2. The molecule has 28 heavy (non-hydrogen) atoms. The highest BCUT2D eigenvalue weighted by Crippen LogP contribution is 2.13. The number of rotatable bonds is 14. The molecule has 2 amide bonds. The number of ether oxygens (including phenoxy) is 4. The topological polar surface area (TPSA) is 173 Å². The highest BCUT2D eigenvalue weighted by atomic mass is 16.5. The Bertz CT molecular complexity index is 576. The van der Waals surface area contributed by atoms with E-state index in [0.717, 1.165) is 0 Å². The van der Waals surface area contributed by atoms with E-state index in [2.05, 4.69) is 20.6 Å². The van der Waals surface area contributed by atoms with Gasteiger partial charge in [0.1, 0.15) is 0 Å². The van der Waals surface area contributed by atoms with E-state index < -0.39 is 11.8 Å². The van der Waals surface area contributed by atoms with E-state index in [9.17, 15) is 9.59 Å². The molecule has 6 N–H and O–H groups in total. The van der Waals surface area contributed by atoms with E-state index in [1.165, 1.54) is 0 Å². The molecule has 12 heteroatoms. The van der Waals surface area contributed by atoms with Crippen LogP contribution in [0, 0.1) is 0 Å². The fourth-order valence-electron chi connectivity index (χ4n) is 1.93. The summed E-state index contributed by atoms with van der Waals surface area (Å²) in [6.45, 7) is 2.85. The first-order valence-electron chi connectivity index (χ1n) is 8.64. The highest BCUT2D eigenvalue weighted by Gasteiger charge is 2.20. The summed E-state index contributed by atoms with van der Waals surface area (Å²) < 4.78 is 20.1. The molecule has 0 saturated carbocycles. The van der Waals surface area contributed by atoms with E-state index in [1.54, 1.807) is 14.2 Å². The number of methoxy groups -OCH3 is 2. The Kier molecular flexibility index (Phi) is 11.4. The molecule has 1 aromatic heterocycles. The second-order valence-electron chi connectivity index (χ2n) is 5.41. The summed E-state index contributed by atoms with van der Waals surface area (Å²) in [7, 11) is 3.13. The van der Waals surface area contributed by atoms with Crippen LogP contribution in [0.15, 0.2) is 0 Å². The molecule has 0 aliphatic rings. The predicted molar refractivity (Wildman–Crippen MR) is 101 cm³/mol. The van der Waals surface area contributed by atoms with Crippen LogP contribution in [-0.2, 0) is 18.9 Å². The molecule has 0 unspecified atom stereocenters. The molecule has 1 heterocycles. The van der Waals surface area contributed by atoms with Gasteiger partial charge in [0.25, 0.3) is 11.8 Å². The lowest BCUT2D eigenvalue weighted by atomic mass is 10.3. The number of nitrogens with one attached hydrogen (secondary N) is 2. The number of amides is 2. The SMILES string of the molecule is COCCOCCNC(=O)c1nc(N)c(C(=O)NCCOCCOC)nc1N. The standard InChI is InChI=1S/C16H28N6O6/c1-25-7-9-27-5-3-19-15(23)11-13(17)22-12(14(18)21-11)16(24)20-4-6-28-10-8-26-2/h3-10H2,1-2H3,(H2,18,21)(H2,17,22)(H,19,23)(H,20,24). The van der Waals surface area contributed by atoms with Gasteiger partial charge >= 0.3 is 0 Å². The van der Waals surface area contributed by atoms with Crippen molar-refractivity contribution < 1.29 is 28.5 Å². The Hall–Kier alpha value is -2.54. The molecule has 12 nitrogen and oxygen atoms in total. The van der Waals surface area contributed by atoms with E-state index in [-0.39, 0.29) is 36.1 Å². The lowest BCUT2D eigenvalue weighted by molar-refractivity contribution is 0.0690. The summed E-state index contributed by atoms with van der Waals surface area (Å²) in [6, 6.07) is 0. The van der Waals surface area contributed by atoms with Gasteiger partial charge in [-0.15, -0.1) is 0 Å². The van der Waals surface area contributed by atoms with Crippen LogP contribution in [0.5, 0.6) is 0 Å². The predicted octanol–water partition coefficient (Wildman–Crippen LogP) is -1.57. The number of carbonyl (C=O) groups excluding carboxylic acids is 2. The minimum Gasteiger partial charge on any atom is -0.382 e. The summed E-state index contributed by atoms with van der Waals surface area (Å²) in [5.74, 6) is -1.53. The fraction of sp³-hybridized carbons (Fsp3) is 0.625. The van der Waals surface area contributed by atoms with Gasteiger partial charge in [-0.25, -0.2) is 9.97 Å². The molecule has 0 saturated heterocycles. The van der Waals surface area contributed by atoms with Crippen molar-refractivity contribution in [2.75, 3.05) is 78.4 Å². The Labute approximate surface area is 163 Å². The van der Waals surface area contributed by atoms with Crippen LogP contribution in [0.1, 0.15) is 21.0 Å². The molecule has 0 atom stereocenters. The molecule has 0 spiro atoms. The van der Waals surface area contributed by atoms with E-state index >= 15 is 0 Å². The third-order valence-electron chi connectivity index (χ3n) is 3.31. The first-order chi connectivity index (χ1) is 13.5. The maximum Gasteiger partial charge on any atom is 0.273 e. The molecular formula is C16H28N6O6. The molecule has 0 aromatic carbocycles. The van der Waals surface area contributed by atoms with Crippen molar-refractivity contribution in [3.05, 3.63) is 11.4 Å². The van der Waals surface area contributed by atoms with Gasteiger partial charge < -0.3 is 41.0 Å². The van der Waals surface area contributed by atoms with Crippen LogP contribution in [0.4, 0.5) is 11.6 Å². The molecule has 1 aromatic rings. The Morgan fingerprint density at radius 2 is 1.14 bits per heavy atom. The molecular weight excluding hydrogens is 372 g/mol. The smallest absolute Gasteiger partial charge is 0.273 e. The van der Waals surface area contributed by atoms with Crippen LogP contribution in [0.2, 0.25) is 0 Å². The van der Waals surface area contributed by atoms with Gasteiger partial charge in [0.2, 0.25) is 0 Å². The van der Waals surface area contributed by atoms with Gasteiger partial charge in [-0.3, -0.25) is 9.59 Å². The number of hydrogen-bond donors (Lipinski definition) is 4. The second kappa shape index (κ2) is 13.6. The Balaban J connectivity index is 2.51. The quantitative estimate of drug-likeness (QED) is 0.267. The lowest BCUT2D eigenvalue weighted by Crippen LogP contribution is -2.32. The number of nitrogen functional groups attached to an aromatic ring is 2. The summed E-state index contributed by atoms with van der Waals surface area (Å²) in [5, 5.41) is 5.16. The van der Waals surface area contributed by atoms with Crippen molar-refractivity contribution >= 4 is 23.5 Å². The molecule has 0 aliphatic carbocycles. The van der Waals surface area contributed by atoms with Crippen molar-refractivity contribution in [3.8, 4) is 0 Å². The van der Waals surface area contributed by atoms with Gasteiger partial charge in [-0.2, -0.15) is 0 Å². The number of hydrogen-bond acceptors (Lipinski definition) is 10. The average Bonchev–Trinajstić information content (AvgIpc) is 2.68. The Morgan fingerprint density at radius 1 is 0.750 bits per heavy atom. The van der Waals surface area contributed by atoms with Gasteiger partial charge in [0.15, 0.2) is 23.0 Å². The van der Waals surface area contributed by atoms with Crippen molar-refractivity contribution in [1.29, 1.82) is 0 Å². The van der Waals surface area contributed by atoms with Gasteiger partial charge in [0.05, 0.1) is 39.6 Å². The third kappa shape index (κ3) is 8.43. The summed E-state index contributed by atoms with van der Waals surface area (Å²) in [4.78, 5) is 32.1. The van der Waals surface area contributed by atoms with Gasteiger partial charge in [-0.05, 0) is 0 Å². The number of carbonyl (C=O) groups is 2. The van der Waals surface area contributed by atoms with Crippen LogP contribution in [-0.4, -0.2) is 88.7 Å². The molecule has 0 radical (unpaired) electrons. The summed E-state index contributed by atoms with van der Waals surface area (Å²) >= 11 is 0. The molecule has 0 aliphatic heterocycles. The van der Waals surface area contributed by atoms with E-state index in [1.807, 2.05) is 0 Å². The van der Waals surface area contributed by atoms with Crippen LogP contribution in [0.25, 0.3) is 0 Å².